The van der Waals surface area contributed by atoms with Crippen LogP contribution in [0.4, 0.5) is 0 Å². The van der Waals surface area contributed by atoms with Crippen LogP contribution in [-0.2, 0) is 4.79 Å². The van der Waals surface area contributed by atoms with E-state index >= 15 is 0 Å². The number of Topliss-reactive ketones (excluding diaryl/α,β-unsaturated/α-hetero) is 1. The number of nitrogens with one attached hydrogen (secondary N) is 1. The SMILES string of the molecule is CC1CCCC(C(=O)C2CCCNC2)C1. The molecule has 0 aromatic heterocycles. The quantitative estimate of drug-likeness (QED) is 0.756. The van der Waals surface area contributed by atoms with Crippen LogP contribution in [0.5, 0.6) is 0 Å². The smallest absolute Gasteiger partial charge is 0.140 e. The molecule has 0 bridgehead atoms. The van der Waals surface area contributed by atoms with E-state index in [0.717, 1.165) is 38.3 Å². The van der Waals surface area contributed by atoms with Crippen LogP contribution < -0.4 is 5.32 Å². The summed E-state index contributed by atoms with van der Waals surface area (Å²) in [6, 6.07) is 0. The van der Waals surface area contributed by atoms with E-state index in [1.807, 2.05) is 0 Å². The molecular weight excluding hydrogens is 186 g/mol. The minimum absolute atomic E-state index is 0.328. The van der Waals surface area contributed by atoms with Crippen LogP contribution >= 0.6 is 0 Å². The largest absolute Gasteiger partial charge is 0.316 e. The van der Waals surface area contributed by atoms with Crippen molar-refractivity contribution in [2.45, 2.75) is 45.4 Å². The lowest BCUT2D eigenvalue weighted by Gasteiger charge is -2.30. The Kier molecular flexibility index (Phi) is 3.79. The molecule has 3 atom stereocenters. The number of carbonyl (C=O) groups excluding carboxylic acids is 1. The van der Waals surface area contributed by atoms with Crippen molar-refractivity contribution in [2.75, 3.05) is 13.1 Å². The molecule has 3 unspecified atom stereocenters. The highest BCUT2D eigenvalue weighted by Gasteiger charge is 2.30. The molecule has 86 valence electrons. The Morgan fingerprint density at radius 3 is 2.60 bits per heavy atom. The minimum atomic E-state index is 0.328. The molecule has 0 spiro atoms. The third kappa shape index (κ3) is 2.81. The maximum Gasteiger partial charge on any atom is 0.140 e. The highest BCUT2D eigenvalue weighted by molar-refractivity contribution is 5.83. The average Bonchev–Trinajstić information content (AvgIpc) is 2.29. The van der Waals surface area contributed by atoms with Crippen LogP contribution in [0, 0.1) is 17.8 Å². The van der Waals surface area contributed by atoms with Crippen molar-refractivity contribution in [2.24, 2.45) is 17.8 Å². The van der Waals surface area contributed by atoms with E-state index in [1.165, 1.54) is 19.3 Å². The number of rotatable bonds is 2. The molecule has 0 aromatic carbocycles. The highest BCUT2D eigenvalue weighted by Crippen LogP contribution is 2.31. The van der Waals surface area contributed by atoms with E-state index in [-0.39, 0.29) is 0 Å². The summed E-state index contributed by atoms with van der Waals surface area (Å²) >= 11 is 0. The van der Waals surface area contributed by atoms with Gasteiger partial charge in [0.25, 0.3) is 0 Å². The van der Waals surface area contributed by atoms with Crippen molar-refractivity contribution in [3.05, 3.63) is 0 Å². The fourth-order valence-electron chi connectivity index (χ4n) is 3.12. The molecule has 2 heteroatoms. The summed E-state index contributed by atoms with van der Waals surface area (Å²) in [5.74, 6) is 2.05. The molecule has 1 saturated heterocycles. The Labute approximate surface area is 92.8 Å². The van der Waals surface area contributed by atoms with Gasteiger partial charge in [-0.25, -0.2) is 0 Å². The first-order valence-corrected chi connectivity index (χ1v) is 6.52. The molecule has 2 fully saturated rings. The van der Waals surface area contributed by atoms with Gasteiger partial charge >= 0.3 is 0 Å². The molecule has 1 aliphatic heterocycles. The lowest BCUT2D eigenvalue weighted by atomic mass is 9.76. The molecule has 15 heavy (non-hydrogen) atoms. The average molecular weight is 209 g/mol. The fraction of sp³-hybridized carbons (Fsp3) is 0.923. The van der Waals surface area contributed by atoms with E-state index < -0.39 is 0 Å². The van der Waals surface area contributed by atoms with E-state index in [9.17, 15) is 4.79 Å². The van der Waals surface area contributed by atoms with E-state index in [2.05, 4.69) is 12.2 Å². The molecule has 1 N–H and O–H groups in total. The molecule has 2 nitrogen and oxygen atoms in total. The summed E-state index contributed by atoms with van der Waals surface area (Å²) in [6.07, 6.45) is 7.19. The zero-order chi connectivity index (χ0) is 10.7. The summed E-state index contributed by atoms with van der Waals surface area (Å²) in [5, 5.41) is 3.35. The molecule has 0 aromatic rings. The normalized spacial score (nSPS) is 37.5. The first kappa shape index (κ1) is 11.1. The third-order valence-corrected chi connectivity index (χ3v) is 4.04. The molecule has 2 aliphatic rings. The first-order valence-electron chi connectivity index (χ1n) is 6.52. The number of piperidine rings is 1. The van der Waals surface area contributed by atoms with Gasteiger partial charge < -0.3 is 5.32 Å². The Morgan fingerprint density at radius 1 is 1.13 bits per heavy atom. The summed E-state index contributed by atoms with van der Waals surface area (Å²) in [7, 11) is 0. The topological polar surface area (TPSA) is 29.1 Å². The monoisotopic (exact) mass is 209 g/mol. The van der Waals surface area contributed by atoms with E-state index in [1.54, 1.807) is 0 Å². The minimum Gasteiger partial charge on any atom is -0.316 e. The molecule has 2 rings (SSSR count). The van der Waals surface area contributed by atoms with Gasteiger partial charge in [0.05, 0.1) is 0 Å². The van der Waals surface area contributed by atoms with Gasteiger partial charge in [-0.3, -0.25) is 4.79 Å². The van der Waals surface area contributed by atoms with Crippen LogP contribution in [0.15, 0.2) is 0 Å². The molecule has 0 amide bonds. The third-order valence-electron chi connectivity index (χ3n) is 4.04. The highest BCUT2D eigenvalue weighted by atomic mass is 16.1. The number of hydrogen-bond acceptors (Lipinski definition) is 2. The van der Waals surface area contributed by atoms with Gasteiger partial charge in [-0.15, -0.1) is 0 Å². The molecule has 1 heterocycles. The van der Waals surface area contributed by atoms with Crippen molar-refractivity contribution >= 4 is 5.78 Å². The maximum atomic E-state index is 12.3. The van der Waals surface area contributed by atoms with Crippen molar-refractivity contribution in [3.63, 3.8) is 0 Å². The van der Waals surface area contributed by atoms with E-state index in [0.29, 0.717) is 17.6 Å². The summed E-state index contributed by atoms with van der Waals surface area (Å²) in [4.78, 5) is 12.3. The summed E-state index contributed by atoms with van der Waals surface area (Å²) < 4.78 is 0. The van der Waals surface area contributed by atoms with Crippen molar-refractivity contribution in [3.8, 4) is 0 Å². The predicted molar refractivity (Wildman–Crippen MR) is 61.7 cm³/mol. The van der Waals surface area contributed by atoms with E-state index in [4.69, 9.17) is 0 Å². The van der Waals surface area contributed by atoms with Crippen molar-refractivity contribution < 1.29 is 4.79 Å². The Hall–Kier alpha value is -0.370. The zero-order valence-corrected chi connectivity index (χ0v) is 9.80. The maximum absolute atomic E-state index is 12.3. The van der Waals surface area contributed by atoms with Crippen LogP contribution in [-0.4, -0.2) is 18.9 Å². The Bertz CT molecular complexity index is 221. The number of ketones is 1. The lowest BCUT2D eigenvalue weighted by molar-refractivity contribution is -0.128. The van der Waals surface area contributed by atoms with Crippen LogP contribution in [0.1, 0.15) is 45.4 Å². The van der Waals surface area contributed by atoms with Gasteiger partial charge in [0.1, 0.15) is 5.78 Å². The first-order chi connectivity index (χ1) is 7.27. The van der Waals surface area contributed by atoms with Gasteiger partial charge in [0, 0.05) is 18.4 Å². The van der Waals surface area contributed by atoms with Crippen molar-refractivity contribution in [1.29, 1.82) is 0 Å². The second-order valence-corrected chi connectivity index (χ2v) is 5.41. The van der Waals surface area contributed by atoms with Crippen LogP contribution in [0.25, 0.3) is 0 Å². The number of hydrogen-bond donors (Lipinski definition) is 1. The molecule has 1 aliphatic carbocycles. The standard InChI is InChI=1S/C13H23NO/c1-10-4-2-5-11(8-10)13(15)12-6-3-7-14-9-12/h10-12,14H,2-9H2,1H3. The predicted octanol–water partition coefficient (Wildman–Crippen LogP) is 2.38. The summed E-state index contributed by atoms with van der Waals surface area (Å²) in [6.45, 7) is 4.33. The van der Waals surface area contributed by atoms with Crippen LogP contribution in [0.2, 0.25) is 0 Å². The zero-order valence-electron chi connectivity index (χ0n) is 9.80. The van der Waals surface area contributed by atoms with Gasteiger partial charge in [-0.1, -0.05) is 19.8 Å². The lowest BCUT2D eigenvalue weighted by Crippen LogP contribution is -2.38. The van der Waals surface area contributed by atoms with Gasteiger partial charge in [0.15, 0.2) is 0 Å². The second-order valence-electron chi connectivity index (χ2n) is 5.41. The Morgan fingerprint density at radius 2 is 1.93 bits per heavy atom. The van der Waals surface area contributed by atoms with Gasteiger partial charge in [0.2, 0.25) is 0 Å². The molecule has 0 radical (unpaired) electrons. The van der Waals surface area contributed by atoms with Gasteiger partial charge in [-0.05, 0) is 38.1 Å². The van der Waals surface area contributed by atoms with Crippen molar-refractivity contribution in [1.82, 2.24) is 5.32 Å². The molecule has 1 saturated carbocycles. The second kappa shape index (κ2) is 5.11. The summed E-state index contributed by atoms with van der Waals surface area (Å²) in [5.41, 5.74) is 0. The number of carbonyl (C=O) groups is 1. The van der Waals surface area contributed by atoms with Gasteiger partial charge in [-0.2, -0.15) is 0 Å². The fourth-order valence-corrected chi connectivity index (χ4v) is 3.12. The molecular formula is C13H23NO. The van der Waals surface area contributed by atoms with Crippen LogP contribution in [0.3, 0.4) is 0 Å². The Balaban J connectivity index is 1.88.